The first-order valence-electron chi connectivity index (χ1n) is 21.8. The van der Waals surface area contributed by atoms with Crippen LogP contribution in [0.1, 0.15) is 111 Å². The average molecular weight is 761 g/mol. The van der Waals surface area contributed by atoms with Crippen molar-refractivity contribution in [3.05, 3.63) is 0 Å². The molecule has 0 aromatic carbocycles. The number of rotatable bonds is 14. The van der Waals surface area contributed by atoms with Gasteiger partial charge in [0.1, 0.15) is 12.1 Å². The van der Waals surface area contributed by atoms with E-state index in [0.29, 0.717) is 41.5 Å². The van der Waals surface area contributed by atoms with Gasteiger partial charge in [-0.2, -0.15) is 5.06 Å². The van der Waals surface area contributed by atoms with Crippen LogP contribution in [0, 0.1) is 58.7 Å². The van der Waals surface area contributed by atoms with E-state index in [1.54, 1.807) is 26.2 Å². The number of nitrogens with one attached hydrogen (secondary N) is 2. The molecule has 0 radical (unpaired) electrons. The third-order valence-corrected chi connectivity index (χ3v) is 15.9. The number of ether oxygens (including phenoxy) is 2. The van der Waals surface area contributed by atoms with Crippen molar-refractivity contribution in [3.8, 4) is 0 Å². The molecule has 1 aliphatic heterocycles. The van der Waals surface area contributed by atoms with Gasteiger partial charge in [-0.1, -0.05) is 46.5 Å². The molecule has 11 nitrogen and oxygen atoms in total. The van der Waals surface area contributed by atoms with E-state index in [9.17, 15) is 19.8 Å². The molecule has 0 aromatic heterocycles. The second-order valence-corrected chi connectivity index (χ2v) is 19.5. The molecule has 7 rings (SSSR count). The number of aliphatic hydroxyl groups excluding tert-OH is 2. The Bertz CT molecular complexity index is 1240. The molecule has 6 unspecified atom stereocenters. The van der Waals surface area contributed by atoms with Crippen LogP contribution >= 0.6 is 0 Å². The predicted molar refractivity (Wildman–Crippen MR) is 209 cm³/mol. The van der Waals surface area contributed by atoms with E-state index in [-0.39, 0.29) is 60.5 Å². The molecule has 7 fully saturated rings. The lowest BCUT2D eigenvalue weighted by atomic mass is 9.45. The van der Waals surface area contributed by atoms with Gasteiger partial charge in [0, 0.05) is 51.2 Å². The van der Waals surface area contributed by atoms with Crippen molar-refractivity contribution < 1.29 is 34.1 Å². The summed E-state index contributed by atoms with van der Waals surface area (Å²) in [6, 6.07) is -0.463. The van der Waals surface area contributed by atoms with Gasteiger partial charge in [-0.15, -0.1) is 0 Å². The highest BCUT2D eigenvalue weighted by atomic mass is 16.7. The quantitative estimate of drug-likeness (QED) is 0.200. The van der Waals surface area contributed by atoms with Crippen LogP contribution in [0.15, 0.2) is 0 Å². The van der Waals surface area contributed by atoms with Crippen LogP contribution in [-0.2, 0) is 23.9 Å². The van der Waals surface area contributed by atoms with Crippen molar-refractivity contribution in [1.82, 2.24) is 20.6 Å². The third-order valence-electron chi connectivity index (χ3n) is 15.9. The zero-order valence-electron chi connectivity index (χ0n) is 34.9. The third kappa shape index (κ3) is 8.73. The molecular formula is C43H76N4O7. The summed E-state index contributed by atoms with van der Waals surface area (Å²) < 4.78 is 12.4. The summed E-state index contributed by atoms with van der Waals surface area (Å²) in [7, 11) is 7.74. The highest BCUT2D eigenvalue weighted by molar-refractivity contribution is 5.83. The van der Waals surface area contributed by atoms with E-state index in [1.165, 1.54) is 38.5 Å². The number of hydrogen-bond donors (Lipinski definition) is 4. The molecule has 1 saturated heterocycles. The maximum Gasteiger partial charge on any atom is 0.240 e. The number of methoxy groups -OCH3 is 2. The van der Waals surface area contributed by atoms with Gasteiger partial charge in [0.25, 0.3) is 0 Å². The predicted octanol–water partition coefficient (Wildman–Crippen LogP) is 4.64. The van der Waals surface area contributed by atoms with Gasteiger partial charge in [-0.25, -0.2) is 0 Å². The van der Waals surface area contributed by atoms with Gasteiger partial charge < -0.3 is 35.2 Å². The number of hydrogen-bond acceptors (Lipinski definition) is 9. The van der Waals surface area contributed by atoms with Crippen molar-refractivity contribution in [2.75, 3.05) is 48.0 Å². The molecule has 310 valence electrons. The Morgan fingerprint density at radius 1 is 0.963 bits per heavy atom. The maximum absolute atomic E-state index is 14.3. The number of likely N-dealkylation sites (N-methyl/N-ethyl adjacent to an activating group) is 1. The standard InChI is InChI=1S/C43H76N4O7/c1-25-33-20-30(43(33,3)4)21-34(25)44-42(51)39-38(26(2)49)37(24-48)54-47(39)22-29-15-12-16-31(40(29)53-8)28-17-18-36(52-7)32(19-28)41(50)45-35(23-46(5)6)27-13-10-9-11-14-27/h25-40,48-49H,9-24H2,1-8H3,(H,44,51)(H,45,50)/t25-,26-,28?,29?,30+,31?,32?,33-,34-,35+,36?,37-,38-,39-,40?/m0/s1. The van der Waals surface area contributed by atoms with Gasteiger partial charge in [-0.3, -0.25) is 14.4 Å². The van der Waals surface area contributed by atoms with E-state index in [4.69, 9.17) is 14.3 Å². The molecular weight excluding hydrogens is 684 g/mol. The van der Waals surface area contributed by atoms with Crippen LogP contribution < -0.4 is 10.6 Å². The smallest absolute Gasteiger partial charge is 0.240 e. The lowest BCUT2D eigenvalue weighted by molar-refractivity contribution is -0.193. The van der Waals surface area contributed by atoms with Crippen molar-refractivity contribution in [2.45, 2.75) is 154 Å². The SMILES string of the molecule is COC1CCC(C2CCCC(CN3O[C@@H](CO)[C@H]([C@H](C)O)[C@H]3C(=O)N[C@H]3C[C@H]4C[C@@H]([C@@H]3C)C4(C)C)C2OC)CC1C(=O)N[C@H](CN(C)C)C1CCCCC1. The topological polar surface area (TPSA) is 133 Å². The molecule has 15 atom stereocenters. The molecule has 2 bridgehead atoms. The summed E-state index contributed by atoms with van der Waals surface area (Å²) in [5.74, 6) is 2.07. The van der Waals surface area contributed by atoms with Crippen molar-refractivity contribution in [2.24, 2.45) is 58.7 Å². The fourth-order valence-corrected chi connectivity index (χ4v) is 12.8. The fourth-order valence-electron chi connectivity index (χ4n) is 12.8. The molecule has 0 aromatic rings. The zero-order valence-corrected chi connectivity index (χ0v) is 34.9. The van der Waals surface area contributed by atoms with Crippen LogP contribution in [0.4, 0.5) is 0 Å². The fraction of sp³-hybridized carbons (Fsp3) is 0.953. The molecule has 7 aliphatic rings. The van der Waals surface area contributed by atoms with Gasteiger partial charge in [0.2, 0.25) is 11.8 Å². The van der Waals surface area contributed by atoms with E-state index < -0.39 is 24.2 Å². The number of nitrogens with zero attached hydrogens (tertiary/aromatic N) is 2. The Morgan fingerprint density at radius 2 is 1.70 bits per heavy atom. The molecule has 0 spiro atoms. The van der Waals surface area contributed by atoms with Crippen LogP contribution in [0.3, 0.4) is 0 Å². The average Bonchev–Trinajstić information content (AvgIpc) is 3.53. The monoisotopic (exact) mass is 761 g/mol. The van der Waals surface area contributed by atoms with E-state index in [2.05, 4.69) is 50.4 Å². The van der Waals surface area contributed by atoms with Gasteiger partial charge >= 0.3 is 0 Å². The normalized spacial score (nSPS) is 41.2. The summed E-state index contributed by atoms with van der Waals surface area (Å²) in [4.78, 5) is 37.1. The molecule has 11 heteroatoms. The van der Waals surface area contributed by atoms with Crippen LogP contribution in [0.2, 0.25) is 0 Å². The number of aliphatic hydroxyl groups is 2. The number of amides is 2. The van der Waals surface area contributed by atoms with Crippen LogP contribution in [-0.4, -0.2) is 123 Å². The lowest BCUT2D eigenvalue weighted by Gasteiger charge is -2.62. The Morgan fingerprint density at radius 3 is 2.31 bits per heavy atom. The Hall–Kier alpha value is -1.34. The summed E-state index contributed by atoms with van der Waals surface area (Å²) in [6.45, 7) is 9.78. The lowest BCUT2D eigenvalue weighted by Crippen LogP contribution is -2.62. The second-order valence-electron chi connectivity index (χ2n) is 19.5. The Labute approximate surface area is 326 Å². The molecule has 6 saturated carbocycles. The molecule has 54 heavy (non-hydrogen) atoms. The zero-order chi connectivity index (χ0) is 38.9. The van der Waals surface area contributed by atoms with Crippen molar-refractivity contribution >= 4 is 11.8 Å². The van der Waals surface area contributed by atoms with Gasteiger partial charge in [0.15, 0.2) is 0 Å². The summed E-state index contributed by atoms with van der Waals surface area (Å²) >= 11 is 0. The minimum absolute atomic E-state index is 0.0616. The maximum atomic E-state index is 14.3. The molecule has 4 N–H and O–H groups in total. The first-order chi connectivity index (χ1) is 25.8. The minimum Gasteiger partial charge on any atom is -0.394 e. The number of hydroxylamine groups is 2. The summed E-state index contributed by atoms with van der Waals surface area (Å²) in [5.41, 5.74) is 0.316. The van der Waals surface area contributed by atoms with Crippen LogP contribution in [0.25, 0.3) is 0 Å². The number of carbonyl (C=O) groups excluding carboxylic acids is 2. The van der Waals surface area contributed by atoms with Crippen LogP contribution in [0.5, 0.6) is 0 Å². The Balaban J connectivity index is 1.15. The number of carbonyl (C=O) groups is 2. The minimum atomic E-state index is -0.828. The summed E-state index contributed by atoms with van der Waals surface area (Å²) in [6.07, 6.45) is 12.3. The molecule has 2 amide bonds. The first-order valence-corrected chi connectivity index (χ1v) is 21.8. The van der Waals surface area contributed by atoms with Gasteiger partial charge in [-0.05, 0) is 120 Å². The Kier molecular flexibility index (Phi) is 14.1. The van der Waals surface area contributed by atoms with E-state index in [1.807, 2.05) is 0 Å². The molecule has 1 heterocycles. The summed E-state index contributed by atoms with van der Waals surface area (Å²) in [5, 5.41) is 30.2. The van der Waals surface area contributed by atoms with Crippen molar-refractivity contribution in [1.29, 1.82) is 0 Å². The molecule has 6 aliphatic carbocycles. The number of fused-ring (bicyclic) bond motifs is 2. The largest absolute Gasteiger partial charge is 0.394 e. The van der Waals surface area contributed by atoms with Gasteiger partial charge in [0.05, 0.1) is 30.8 Å². The first kappa shape index (κ1) is 42.3. The van der Waals surface area contributed by atoms with E-state index >= 15 is 0 Å². The highest BCUT2D eigenvalue weighted by Gasteiger charge is 2.58. The highest BCUT2D eigenvalue weighted by Crippen LogP contribution is 2.61. The van der Waals surface area contributed by atoms with Crippen molar-refractivity contribution in [3.63, 3.8) is 0 Å². The van der Waals surface area contributed by atoms with E-state index in [0.717, 1.165) is 51.5 Å². The second kappa shape index (κ2) is 18.1.